The fourth-order valence-corrected chi connectivity index (χ4v) is 5.75. The van der Waals surface area contributed by atoms with E-state index in [9.17, 15) is 25.2 Å². The number of esters is 1. The highest BCUT2D eigenvalue weighted by Gasteiger charge is 2.44. The second kappa shape index (κ2) is 34.6. The van der Waals surface area contributed by atoms with Crippen LogP contribution >= 0.6 is 0 Å². The van der Waals surface area contributed by atoms with Gasteiger partial charge in [0.1, 0.15) is 30.5 Å². The van der Waals surface area contributed by atoms with Crippen molar-refractivity contribution in [2.75, 3.05) is 26.4 Å². The zero-order valence-corrected chi connectivity index (χ0v) is 32.5. The highest BCUT2D eigenvalue weighted by Crippen LogP contribution is 2.22. The Morgan fingerprint density at radius 3 is 1.77 bits per heavy atom. The van der Waals surface area contributed by atoms with Crippen LogP contribution in [0.3, 0.4) is 0 Å². The summed E-state index contributed by atoms with van der Waals surface area (Å²) in [7, 11) is 0. The zero-order chi connectivity index (χ0) is 37.9. The van der Waals surface area contributed by atoms with Crippen LogP contribution in [0, 0.1) is 0 Å². The Hall–Kier alpha value is -2.11. The number of hydrogen-bond acceptors (Lipinski definition) is 9. The number of carbonyl (C=O) groups is 1. The van der Waals surface area contributed by atoms with Crippen molar-refractivity contribution in [2.24, 2.45) is 0 Å². The molecule has 0 saturated carbocycles. The van der Waals surface area contributed by atoms with E-state index in [0.29, 0.717) is 13.0 Å². The van der Waals surface area contributed by atoms with E-state index in [-0.39, 0.29) is 19.2 Å². The molecule has 0 aliphatic carbocycles. The number of ether oxygens (including phenoxy) is 4. The van der Waals surface area contributed by atoms with Crippen molar-refractivity contribution in [3.8, 4) is 0 Å². The van der Waals surface area contributed by atoms with Gasteiger partial charge in [-0.15, -0.1) is 0 Å². The average Bonchev–Trinajstić information content (AvgIpc) is 3.14. The standard InChI is InChI=1S/C43H74O9/c1-3-5-7-9-11-12-13-14-15-16-17-18-19-20-21-22-23-24-25-26-27-28-30-32-39(45)51-37(35-49-33-31-29-10-8-6-4-2)36-50-43-42(48)41(47)40(46)38(34-44)52-43/h5,7,11-12,14-15,17-18,20-21,37-38,40-44,46-48H,3-4,6,8-10,13,16,19,22-36H2,1-2H3/b7-5-,12-11-,15-14-,18-17-,21-20-. The predicted molar refractivity (Wildman–Crippen MR) is 210 cm³/mol. The van der Waals surface area contributed by atoms with Crippen molar-refractivity contribution in [1.29, 1.82) is 0 Å². The molecule has 1 fully saturated rings. The minimum atomic E-state index is -1.54. The molecule has 1 rings (SSSR count). The van der Waals surface area contributed by atoms with Gasteiger partial charge in [0, 0.05) is 13.0 Å². The lowest BCUT2D eigenvalue weighted by Gasteiger charge is -2.39. The lowest BCUT2D eigenvalue weighted by atomic mass is 9.99. The predicted octanol–water partition coefficient (Wildman–Crippen LogP) is 8.35. The number of rotatable bonds is 33. The van der Waals surface area contributed by atoms with Gasteiger partial charge in [0.05, 0.1) is 19.8 Å². The van der Waals surface area contributed by atoms with Crippen LogP contribution in [0.4, 0.5) is 0 Å². The quantitative estimate of drug-likeness (QED) is 0.0298. The first-order valence-corrected chi connectivity index (χ1v) is 20.4. The summed E-state index contributed by atoms with van der Waals surface area (Å²) in [6, 6.07) is 0. The van der Waals surface area contributed by atoms with E-state index in [1.165, 1.54) is 44.9 Å². The lowest BCUT2D eigenvalue weighted by Crippen LogP contribution is -2.59. The molecule has 0 amide bonds. The highest BCUT2D eigenvalue weighted by molar-refractivity contribution is 5.69. The molecule has 0 radical (unpaired) electrons. The molecule has 52 heavy (non-hydrogen) atoms. The Balaban J connectivity index is 2.21. The highest BCUT2D eigenvalue weighted by atomic mass is 16.7. The average molecular weight is 735 g/mol. The van der Waals surface area contributed by atoms with Gasteiger partial charge in [-0.05, 0) is 57.8 Å². The van der Waals surface area contributed by atoms with Gasteiger partial charge in [-0.2, -0.15) is 0 Å². The summed E-state index contributed by atoms with van der Waals surface area (Å²) < 4.78 is 22.6. The van der Waals surface area contributed by atoms with Gasteiger partial charge in [0.25, 0.3) is 0 Å². The molecular weight excluding hydrogens is 660 g/mol. The van der Waals surface area contributed by atoms with E-state index in [2.05, 4.69) is 74.6 Å². The molecule has 0 spiro atoms. The minimum Gasteiger partial charge on any atom is -0.457 e. The van der Waals surface area contributed by atoms with Crippen LogP contribution in [-0.4, -0.2) is 89.6 Å². The van der Waals surface area contributed by atoms with E-state index < -0.39 is 43.4 Å². The fraction of sp³-hybridized carbons (Fsp3) is 0.744. The molecule has 6 atom stereocenters. The number of carbonyl (C=O) groups excluding carboxylic acids is 1. The Morgan fingerprint density at radius 1 is 0.635 bits per heavy atom. The lowest BCUT2D eigenvalue weighted by molar-refractivity contribution is -0.305. The van der Waals surface area contributed by atoms with Gasteiger partial charge in [-0.3, -0.25) is 4.79 Å². The normalized spacial score (nSPS) is 21.8. The van der Waals surface area contributed by atoms with Crippen LogP contribution in [0.5, 0.6) is 0 Å². The third kappa shape index (κ3) is 25.8. The molecule has 1 saturated heterocycles. The van der Waals surface area contributed by atoms with Gasteiger partial charge in [0.15, 0.2) is 6.29 Å². The van der Waals surface area contributed by atoms with Crippen molar-refractivity contribution < 1.29 is 44.2 Å². The first kappa shape index (κ1) is 47.9. The van der Waals surface area contributed by atoms with Gasteiger partial charge >= 0.3 is 5.97 Å². The smallest absolute Gasteiger partial charge is 0.306 e. The summed E-state index contributed by atoms with van der Waals surface area (Å²) in [5.74, 6) is -0.331. The first-order valence-electron chi connectivity index (χ1n) is 20.4. The number of aliphatic hydroxyl groups excluding tert-OH is 4. The number of unbranched alkanes of at least 4 members (excludes halogenated alkanes) is 12. The second-order valence-corrected chi connectivity index (χ2v) is 13.7. The summed E-state index contributed by atoms with van der Waals surface area (Å²) in [5, 5.41) is 39.9. The second-order valence-electron chi connectivity index (χ2n) is 13.7. The van der Waals surface area contributed by atoms with Crippen molar-refractivity contribution in [3.05, 3.63) is 60.8 Å². The molecule has 0 aromatic rings. The van der Waals surface area contributed by atoms with Crippen LogP contribution in [0.2, 0.25) is 0 Å². The molecule has 6 unspecified atom stereocenters. The summed E-state index contributed by atoms with van der Waals surface area (Å²) >= 11 is 0. The van der Waals surface area contributed by atoms with Crippen LogP contribution in [0.1, 0.15) is 142 Å². The van der Waals surface area contributed by atoms with Gasteiger partial charge in [-0.25, -0.2) is 0 Å². The van der Waals surface area contributed by atoms with E-state index in [4.69, 9.17) is 18.9 Å². The SMILES string of the molecule is CC/C=C\C/C=C\C/C=C\C/C=C\C/C=C\CCCCCCCCCC(=O)OC(COCCCCCCCC)COC1OC(CO)C(O)C(O)C1O. The minimum absolute atomic E-state index is 0.120. The molecule has 0 aromatic heterocycles. The van der Waals surface area contributed by atoms with Gasteiger partial charge < -0.3 is 39.4 Å². The van der Waals surface area contributed by atoms with Crippen molar-refractivity contribution in [1.82, 2.24) is 0 Å². The van der Waals surface area contributed by atoms with Crippen LogP contribution in [-0.2, 0) is 23.7 Å². The topological polar surface area (TPSA) is 135 Å². The van der Waals surface area contributed by atoms with Crippen molar-refractivity contribution in [3.63, 3.8) is 0 Å². The van der Waals surface area contributed by atoms with E-state index in [1.807, 2.05) is 0 Å². The van der Waals surface area contributed by atoms with Crippen molar-refractivity contribution in [2.45, 2.75) is 179 Å². The van der Waals surface area contributed by atoms with E-state index in [1.54, 1.807) is 0 Å². The molecule has 1 aliphatic heterocycles. The Bertz CT molecular complexity index is 974. The monoisotopic (exact) mass is 735 g/mol. The molecule has 1 heterocycles. The molecule has 300 valence electrons. The molecule has 0 bridgehead atoms. The Kier molecular flexibility index (Phi) is 31.9. The third-order valence-corrected chi connectivity index (χ3v) is 8.95. The number of aliphatic hydroxyl groups is 4. The Morgan fingerprint density at radius 2 is 1.17 bits per heavy atom. The third-order valence-electron chi connectivity index (χ3n) is 8.95. The molecule has 9 heteroatoms. The van der Waals surface area contributed by atoms with Crippen LogP contribution in [0.25, 0.3) is 0 Å². The van der Waals surface area contributed by atoms with Crippen LogP contribution in [0.15, 0.2) is 60.8 Å². The Labute approximate surface area is 315 Å². The number of hydrogen-bond donors (Lipinski definition) is 4. The fourth-order valence-electron chi connectivity index (χ4n) is 5.75. The summed E-state index contributed by atoms with van der Waals surface area (Å²) in [6.07, 6.45) is 35.5. The van der Waals surface area contributed by atoms with E-state index >= 15 is 0 Å². The van der Waals surface area contributed by atoms with Crippen LogP contribution < -0.4 is 0 Å². The summed E-state index contributed by atoms with van der Waals surface area (Å²) in [4.78, 5) is 12.7. The maximum absolute atomic E-state index is 12.7. The van der Waals surface area contributed by atoms with Crippen molar-refractivity contribution >= 4 is 5.97 Å². The largest absolute Gasteiger partial charge is 0.457 e. The van der Waals surface area contributed by atoms with E-state index in [0.717, 1.165) is 77.0 Å². The zero-order valence-electron chi connectivity index (χ0n) is 32.5. The maximum atomic E-state index is 12.7. The molecule has 0 aromatic carbocycles. The number of allylic oxidation sites excluding steroid dienone is 10. The molecule has 9 nitrogen and oxygen atoms in total. The molecular formula is C43H74O9. The molecule has 1 aliphatic rings. The van der Waals surface area contributed by atoms with Gasteiger partial charge in [-0.1, -0.05) is 139 Å². The first-order chi connectivity index (χ1) is 25.4. The summed E-state index contributed by atoms with van der Waals surface area (Å²) in [5.41, 5.74) is 0. The molecule has 4 N–H and O–H groups in total. The summed E-state index contributed by atoms with van der Waals surface area (Å²) in [6.45, 7) is 4.36. The maximum Gasteiger partial charge on any atom is 0.306 e. The van der Waals surface area contributed by atoms with Gasteiger partial charge in [0.2, 0.25) is 0 Å².